The third-order valence-electron chi connectivity index (χ3n) is 4.13. The van der Waals surface area contributed by atoms with E-state index >= 15 is 0 Å². The zero-order valence-electron chi connectivity index (χ0n) is 13.4. The van der Waals surface area contributed by atoms with E-state index in [0.717, 1.165) is 44.7 Å². The second kappa shape index (κ2) is 7.17. The van der Waals surface area contributed by atoms with Crippen LogP contribution in [0.15, 0.2) is 36.9 Å². The molecule has 0 atom stereocenters. The second-order valence-electron chi connectivity index (χ2n) is 5.79. The number of hydrogen-bond donors (Lipinski definition) is 0. The van der Waals surface area contributed by atoms with Crippen molar-refractivity contribution >= 4 is 11.7 Å². The molecule has 23 heavy (non-hydrogen) atoms. The number of aromatic nitrogens is 3. The number of pyridine rings is 1. The number of rotatable bonds is 5. The quantitative estimate of drug-likeness (QED) is 0.842. The maximum absolute atomic E-state index is 12.2. The van der Waals surface area contributed by atoms with E-state index in [1.54, 1.807) is 24.8 Å². The molecule has 2 aromatic rings. The van der Waals surface area contributed by atoms with Crippen LogP contribution in [-0.4, -0.2) is 52.4 Å². The first-order valence-electron chi connectivity index (χ1n) is 7.95. The van der Waals surface area contributed by atoms with Gasteiger partial charge in [-0.1, -0.05) is 0 Å². The van der Waals surface area contributed by atoms with Gasteiger partial charge in [-0.25, -0.2) is 9.97 Å². The third kappa shape index (κ3) is 3.83. The molecule has 6 heteroatoms. The normalized spacial score (nSPS) is 14.0. The highest BCUT2D eigenvalue weighted by Gasteiger charge is 2.20. The van der Waals surface area contributed by atoms with Crippen molar-refractivity contribution in [1.82, 2.24) is 19.9 Å². The van der Waals surface area contributed by atoms with Crippen molar-refractivity contribution in [1.29, 1.82) is 0 Å². The van der Waals surface area contributed by atoms with Crippen molar-refractivity contribution in [3.05, 3.63) is 48.2 Å². The first-order chi connectivity index (χ1) is 11.2. The number of nitrogens with zero attached hydrogens (tertiary/aromatic N) is 5. The van der Waals surface area contributed by atoms with Gasteiger partial charge in [-0.2, -0.15) is 0 Å². The van der Waals surface area contributed by atoms with E-state index in [9.17, 15) is 4.79 Å². The van der Waals surface area contributed by atoms with Crippen LogP contribution >= 0.6 is 0 Å². The van der Waals surface area contributed by atoms with Gasteiger partial charge in [0, 0.05) is 39.1 Å². The van der Waals surface area contributed by atoms with E-state index < -0.39 is 0 Å². The van der Waals surface area contributed by atoms with Crippen LogP contribution < -0.4 is 4.90 Å². The van der Waals surface area contributed by atoms with Crippen LogP contribution in [0.5, 0.6) is 0 Å². The first kappa shape index (κ1) is 15.4. The number of anilines is 1. The van der Waals surface area contributed by atoms with Crippen LogP contribution in [0.3, 0.4) is 0 Å². The van der Waals surface area contributed by atoms with Crippen molar-refractivity contribution in [2.75, 3.05) is 31.6 Å². The van der Waals surface area contributed by atoms with E-state index in [2.05, 4.69) is 15.0 Å². The van der Waals surface area contributed by atoms with Crippen LogP contribution in [0.25, 0.3) is 0 Å². The molecule has 0 unspecified atom stereocenters. The van der Waals surface area contributed by atoms with E-state index in [0.29, 0.717) is 5.69 Å². The molecule has 0 saturated carbocycles. The Morgan fingerprint density at radius 1 is 1.17 bits per heavy atom. The number of likely N-dealkylation sites (tertiary alicyclic amines) is 1. The molecule has 0 aliphatic carbocycles. The van der Waals surface area contributed by atoms with Gasteiger partial charge in [0.15, 0.2) is 0 Å². The fourth-order valence-electron chi connectivity index (χ4n) is 2.67. The molecule has 1 fully saturated rings. The second-order valence-corrected chi connectivity index (χ2v) is 5.79. The minimum Gasteiger partial charge on any atom is -0.358 e. The van der Waals surface area contributed by atoms with Crippen LogP contribution in [0.2, 0.25) is 0 Å². The fourth-order valence-corrected chi connectivity index (χ4v) is 2.67. The standard InChI is InChI=1S/C17H21N5O/c1-21(11-6-14-4-7-18-8-5-14)16-13-19-15(12-20-16)17(23)22-9-2-3-10-22/h4-5,7-8,12-13H,2-3,6,9-11H2,1H3. The van der Waals surface area contributed by atoms with Gasteiger partial charge in [0.25, 0.3) is 5.91 Å². The van der Waals surface area contributed by atoms with E-state index in [1.807, 2.05) is 29.0 Å². The van der Waals surface area contributed by atoms with Gasteiger partial charge in [0.2, 0.25) is 0 Å². The van der Waals surface area contributed by atoms with Gasteiger partial charge >= 0.3 is 0 Å². The largest absolute Gasteiger partial charge is 0.358 e. The average molecular weight is 311 g/mol. The number of amides is 1. The van der Waals surface area contributed by atoms with Gasteiger partial charge in [-0.15, -0.1) is 0 Å². The summed E-state index contributed by atoms with van der Waals surface area (Å²) in [4.78, 5) is 28.8. The summed E-state index contributed by atoms with van der Waals surface area (Å²) < 4.78 is 0. The maximum atomic E-state index is 12.2. The van der Waals surface area contributed by atoms with E-state index in [-0.39, 0.29) is 5.91 Å². The molecule has 1 aliphatic rings. The minimum absolute atomic E-state index is 0.0130. The number of likely N-dealkylation sites (N-methyl/N-ethyl adjacent to an activating group) is 1. The SMILES string of the molecule is CN(CCc1ccncc1)c1cnc(C(=O)N2CCCC2)cn1. The molecule has 1 saturated heterocycles. The topological polar surface area (TPSA) is 62.2 Å². The van der Waals surface area contributed by atoms with Gasteiger partial charge in [0.1, 0.15) is 11.5 Å². The minimum atomic E-state index is -0.0130. The fraction of sp³-hybridized carbons (Fsp3) is 0.412. The summed E-state index contributed by atoms with van der Waals surface area (Å²) >= 11 is 0. The summed E-state index contributed by atoms with van der Waals surface area (Å²) in [5.74, 6) is 0.762. The number of carbonyl (C=O) groups excluding carboxylic acids is 1. The summed E-state index contributed by atoms with van der Waals surface area (Å²) in [5, 5.41) is 0. The smallest absolute Gasteiger partial charge is 0.274 e. The van der Waals surface area contributed by atoms with Gasteiger partial charge in [-0.3, -0.25) is 9.78 Å². The first-order valence-corrected chi connectivity index (χ1v) is 7.95. The van der Waals surface area contributed by atoms with Crippen molar-refractivity contribution < 1.29 is 4.79 Å². The highest BCUT2D eigenvalue weighted by Crippen LogP contribution is 2.13. The number of hydrogen-bond acceptors (Lipinski definition) is 5. The Labute approximate surface area is 136 Å². The molecule has 0 spiro atoms. The van der Waals surface area contributed by atoms with Crippen molar-refractivity contribution in [3.63, 3.8) is 0 Å². The molecule has 1 amide bonds. The van der Waals surface area contributed by atoms with E-state index in [4.69, 9.17) is 0 Å². The Morgan fingerprint density at radius 2 is 1.91 bits per heavy atom. The molecular weight excluding hydrogens is 290 g/mol. The molecule has 0 radical (unpaired) electrons. The van der Waals surface area contributed by atoms with Crippen LogP contribution in [-0.2, 0) is 6.42 Å². The molecule has 0 N–H and O–H groups in total. The summed E-state index contributed by atoms with van der Waals surface area (Å²) in [6.45, 7) is 2.49. The summed E-state index contributed by atoms with van der Waals surface area (Å²) in [5.41, 5.74) is 1.67. The Hall–Kier alpha value is -2.50. The van der Waals surface area contributed by atoms with Crippen LogP contribution in [0, 0.1) is 0 Å². The van der Waals surface area contributed by atoms with Gasteiger partial charge in [0.05, 0.1) is 12.4 Å². The third-order valence-corrected chi connectivity index (χ3v) is 4.13. The number of carbonyl (C=O) groups is 1. The predicted molar refractivity (Wildman–Crippen MR) is 88.4 cm³/mol. The summed E-state index contributed by atoms with van der Waals surface area (Å²) in [6.07, 6.45) is 9.93. The molecule has 0 aromatic carbocycles. The molecule has 6 nitrogen and oxygen atoms in total. The van der Waals surface area contributed by atoms with E-state index in [1.165, 1.54) is 5.56 Å². The molecule has 3 heterocycles. The zero-order chi connectivity index (χ0) is 16.1. The van der Waals surface area contributed by atoms with Crippen LogP contribution in [0.1, 0.15) is 28.9 Å². The Bertz CT molecular complexity index is 638. The summed E-state index contributed by atoms with van der Waals surface area (Å²) in [6, 6.07) is 4.02. The average Bonchev–Trinajstić information content (AvgIpc) is 3.15. The van der Waals surface area contributed by atoms with Gasteiger partial charge < -0.3 is 9.80 Å². The molecule has 120 valence electrons. The Morgan fingerprint density at radius 3 is 2.57 bits per heavy atom. The highest BCUT2D eigenvalue weighted by molar-refractivity contribution is 5.92. The molecular formula is C17H21N5O. The molecule has 1 aliphatic heterocycles. The predicted octanol–water partition coefficient (Wildman–Crippen LogP) is 1.79. The maximum Gasteiger partial charge on any atom is 0.274 e. The Balaban J connectivity index is 1.58. The Kier molecular flexibility index (Phi) is 4.80. The zero-order valence-corrected chi connectivity index (χ0v) is 13.4. The van der Waals surface area contributed by atoms with Gasteiger partial charge in [-0.05, 0) is 37.0 Å². The van der Waals surface area contributed by atoms with Crippen molar-refractivity contribution in [2.45, 2.75) is 19.3 Å². The summed E-state index contributed by atoms with van der Waals surface area (Å²) in [7, 11) is 1.98. The molecule has 3 rings (SSSR count). The lowest BCUT2D eigenvalue weighted by atomic mass is 10.2. The monoisotopic (exact) mass is 311 g/mol. The van der Waals surface area contributed by atoms with Crippen molar-refractivity contribution in [2.24, 2.45) is 0 Å². The van der Waals surface area contributed by atoms with Crippen LogP contribution in [0.4, 0.5) is 5.82 Å². The molecule has 2 aromatic heterocycles. The van der Waals surface area contributed by atoms with Crippen molar-refractivity contribution in [3.8, 4) is 0 Å². The lowest BCUT2D eigenvalue weighted by Gasteiger charge is -2.18. The highest BCUT2D eigenvalue weighted by atomic mass is 16.2. The lowest BCUT2D eigenvalue weighted by Crippen LogP contribution is -2.29. The molecule has 0 bridgehead atoms. The lowest BCUT2D eigenvalue weighted by molar-refractivity contribution is 0.0786.